The molecule has 30 heavy (non-hydrogen) atoms. The predicted octanol–water partition coefficient (Wildman–Crippen LogP) is 8.04. The van der Waals surface area contributed by atoms with E-state index in [0.29, 0.717) is 5.75 Å². The number of phenolic OH excluding ortho intramolecular Hbond substituents is 1. The lowest BCUT2D eigenvalue weighted by Gasteiger charge is -2.32. The second kappa shape index (κ2) is 11.0. The summed E-state index contributed by atoms with van der Waals surface area (Å²) in [5, 5.41) is 10.9. The summed E-state index contributed by atoms with van der Waals surface area (Å²) in [7, 11) is 0. The number of hydrogen-bond acceptors (Lipinski definition) is 1. The Hall–Kier alpha value is -2.54. The van der Waals surface area contributed by atoms with Gasteiger partial charge in [0.1, 0.15) is 5.75 Å². The topological polar surface area (TPSA) is 20.2 Å². The highest BCUT2D eigenvalue weighted by Gasteiger charge is 2.33. The van der Waals surface area contributed by atoms with Gasteiger partial charge in [0.15, 0.2) is 0 Å². The number of benzene rings is 3. The molecular formula is C29H36O. The van der Waals surface area contributed by atoms with E-state index in [9.17, 15) is 5.11 Å². The summed E-state index contributed by atoms with van der Waals surface area (Å²) in [5.41, 5.74) is 4.29. The van der Waals surface area contributed by atoms with E-state index in [4.69, 9.17) is 0 Å². The summed E-state index contributed by atoms with van der Waals surface area (Å²) in [5.74, 6) is 0.369. The van der Waals surface area contributed by atoms with Crippen molar-refractivity contribution in [1.29, 1.82) is 0 Å². The Balaban J connectivity index is 1.83. The van der Waals surface area contributed by atoms with Crippen molar-refractivity contribution in [2.75, 3.05) is 0 Å². The Kier molecular flexibility index (Phi) is 8.13. The third kappa shape index (κ3) is 5.33. The maximum Gasteiger partial charge on any atom is 0.120 e. The molecule has 1 N–H and O–H groups in total. The van der Waals surface area contributed by atoms with E-state index in [0.717, 1.165) is 12.0 Å². The summed E-state index contributed by atoms with van der Waals surface area (Å²) in [6, 6.07) is 27.3. The highest BCUT2D eigenvalue weighted by molar-refractivity contribution is 5.55. The number of unbranched alkanes of at least 4 members (excludes halogenated alkanes) is 6. The van der Waals surface area contributed by atoms with Crippen molar-refractivity contribution in [3.8, 4) is 5.75 Å². The van der Waals surface area contributed by atoms with Gasteiger partial charge in [0.25, 0.3) is 0 Å². The number of hydrogen-bond donors (Lipinski definition) is 1. The zero-order valence-electron chi connectivity index (χ0n) is 18.6. The minimum Gasteiger partial charge on any atom is -0.508 e. The summed E-state index contributed by atoms with van der Waals surface area (Å²) >= 11 is 0. The van der Waals surface area contributed by atoms with Crippen molar-refractivity contribution in [3.05, 3.63) is 101 Å². The quantitative estimate of drug-likeness (QED) is 0.255. The van der Waals surface area contributed by atoms with Crippen LogP contribution < -0.4 is 0 Å². The number of rotatable bonds is 11. The van der Waals surface area contributed by atoms with Gasteiger partial charge in [-0.2, -0.15) is 0 Å². The Morgan fingerprint density at radius 1 is 0.667 bits per heavy atom. The van der Waals surface area contributed by atoms with Gasteiger partial charge in [-0.15, -0.1) is 0 Å². The molecule has 0 heterocycles. The monoisotopic (exact) mass is 400 g/mol. The van der Waals surface area contributed by atoms with Crippen LogP contribution in [-0.4, -0.2) is 5.11 Å². The van der Waals surface area contributed by atoms with E-state index in [2.05, 4.69) is 74.5 Å². The molecule has 0 aliphatic carbocycles. The molecule has 0 aliphatic heterocycles. The van der Waals surface area contributed by atoms with Crippen molar-refractivity contribution < 1.29 is 5.11 Å². The van der Waals surface area contributed by atoms with Gasteiger partial charge in [0.2, 0.25) is 0 Å². The first-order valence-corrected chi connectivity index (χ1v) is 11.6. The van der Waals surface area contributed by atoms with Crippen molar-refractivity contribution >= 4 is 0 Å². The zero-order chi connectivity index (χ0) is 21.2. The number of aryl methyl sites for hydroxylation is 1. The highest BCUT2D eigenvalue weighted by atomic mass is 16.3. The van der Waals surface area contributed by atoms with Gasteiger partial charge in [0.05, 0.1) is 0 Å². The Morgan fingerprint density at radius 3 is 1.77 bits per heavy atom. The average Bonchev–Trinajstić information content (AvgIpc) is 2.80. The summed E-state index contributed by atoms with van der Waals surface area (Å²) in [6.45, 7) is 4.49. The second-order valence-corrected chi connectivity index (χ2v) is 8.58. The minimum absolute atomic E-state index is 0.369. The molecule has 0 spiro atoms. The van der Waals surface area contributed by atoms with Crippen LogP contribution in [0.3, 0.4) is 0 Å². The summed E-state index contributed by atoms with van der Waals surface area (Å²) in [6.07, 6.45) is 10.3. The molecule has 3 aromatic carbocycles. The molecule has 0 aliphatic rings. The molecule has 1 nitrogen and oxygen atoms in total. The molecule has 158 valence electrons. The third-order valence-corrected chi connectivity index (χ3v) is 6.37. The fourth-order valence-corrected chi connectivity index (χ4v) is 4.45. The first-order chi connectivity index (χ1) is 14.7. The highest BCUT2D eigenvalue weighted by Crippen LogP contribution is 2.43. The molecule has 0 unspecified atom stereocenters. The summed E-state index contributed by atoms with van der Waals surface area (Å²) < 4.78 is 0. The molecule has 0 atom stereocenters. The third-order valence-electron chi connectivity index (χ3n) is 6.37. The van der Waals surface area contributed by atoms with Crippen LogP contribution in [0.4, 0.5) is 0 Å². The average molecular weight is 401 g/mol. The maximum absolute atomic E-state index is 10.9. The Labute approximate surface area is 182 Å². The fraction of sp³-hybridized carbons (Fsp3) is 0.379. The largest absolute Gasteiger partial charge is 0.508 e. The normalized spacial score (nSPS) is 11.5. The van der Waals surface area contributed by atoms with Crippen molar-refractivity contribution in [3.63, 3.8) is 0 Å². The second-order valence-electron chi connectivity index (χ2n) is 8.58. The van der Waals surface area contributed by atoms with Gasteiger partial charge in [-0.3, -0.25) is 0 Å². The van der Waals surface area contributed by atoms with Crippen LogP contribution in [-0.2, 0) is 11.8 Å². The molecule has 0 saturated carbocycles. The SMILES string of the molecule is CCCCCCCCCc1ccc(O)c(C(C)(c2ccccc2)c2ccccc2)c1. The molecular weight excluding hydrogens is 364 g/mol. The standard InChI is InChI=1S/C29H36O/c1-3-4-5-6-7-8-11-16-24-21-22-28(30)27(23-24)29(2,25-17-12-9-13-18-25)26-19-14-10-15-20-26/h9-10,12-15,17-23,30H,3-8,11,16H2,1-2H3. The molecule has 0 radical (unpaired) electrons. The van der Waals surface area contributed by atoms with Crippen LogP contribution in [0.15, 0.2) is 78.9 Å². The van der Waals surface area contributed by atoms with Crippen LogP contribution in [0, 0.1) is 0 Å². The lowest BCUT2D eigenvalue weighted by Crippen LogP contribution is -2.25. The Morgan fingerprint density at radius 2 is 1.20 bits per heavy atom. The molecule has 0 fully saturated rings. The van der Waals surface area contributed by atoms with E-state index < -0.39 is 5.41 Å². The molecule has 1 heteroatoms. The van der Waals surface area contributed by atoms with Gasteiger partial charge in [-0.1, -0.05) is 118 Å². The van der Waals surface area contributed by atoms with Crippen molar-refractivity contribution in [2.45, 2.75) is 70.6 Å². The lowest BCUT2D eigenvalue weighted by atomic mass is 9.70. The van der Waals surface area contributed by atoms with Gasteiger partial charge in [-0.25, -0.2) is 0 Å². The van der Waals surface area contributed by atoms with Crippen LogP contribution >= 0.6 is 0 Å². The van der Waals surface area contributed by atoms with E-state index in [1.165, 1.54) is 61.6 Å². The van der Waals surface area contributed by atoms with Crippen LogP contribution in [0.25, 0.3) is 0 Å². The molecule has 0 aromatic heterocycles. The van der Waals surface area contributed by atoms with Crippen molar-refractivity contribution in [1.82, 2.24) is 0 Å². The van der Waals surface area contributed by atoms with E-state index in [-0.39, 0.29) is 0 Å². The maximum atomic E-state index is 10.9. The first-order valence-electron chi connectivity index (χ1n) is 11.6. The fourth-order valence-electron chi connectivity index (χ4n) is 4.45. The molecule has 0 saturated heterocycles. The van der Waals surface area contributed by atoms with Gasteiger partial charge in [-0.05, 0) is 42.5 Å². The van der Waals surface area contributed by atoms with Gasteiger partial charge in [0, 0.05) is 11.0 Å². The van der Waals surface area contributed by atoms with Crippen molar-refractivity contribution in [2.24, 2.45) is 0 Å². The molecule has 0 bridgehead atoms. The summed E-state index contributed by atoms with van der Waals surface area (Å²) in [4.78, 5) is 0. The van der Waals surface area contributed by atoms with E-state index >= 15 is 0 Å². The van der Waals surface area contributed by atoms with Gasteiger partial charge < -0.3 is 5.11 Å². The molecule has 0 amide bonds. The Bertz CT molecular complexity index is 843. The number of aromatic hydroxyl groups is 1. The molecule has 3 rings (SSSR count). The first kappa shape index (κ1) is 22.2. The van der Waals surface area contributed by atoms with E-state index in [1.54, 1.807) is 0 Å². The van der Waals surface area contributed by atoms with Crippen LogP contribution in [0.1, 0.15) is 81.0 Å². The smallest absolute Gasteiger partial charge is 0.120 e. The van der Waals surface area contributed by atoms with Crippen LogP contribution in [0.2, 0.25) is 0 Å². The van der Waals surface area contributed by atoms with Gasteiger partial charge >= 0.3 is 0 Å². The lowest BCUT2D eigenvalue weighted by molar-refractivity contribution is 0.457. The van der Waals surface area contributed by atoms with Crippen LogP contribution in [0.5, 0.6) is 5.75 Å². The van der Waals surface area contributed by atoms with E-state index in [1.807, 2.05) is 18.2 Å². The number of phenols is 1. The predicted molar refractivity (Wildman–Crippen MR) is 128 cm³/mol. The molecule has 3 aromatic rings. The zero-order valence-corrected chi connectivity index (χ0v) is 18.6. The minimum atomic E-state index is -0.400.